The first-order valence-corrected chi connectivity index (χ1v) is 8.74. The number of rotatable bonds is 4. The normalized spacial score (nSPS) is 16.7. The predicted octanol–water partition coefficient (Wildman–Crippen LogP) is 3.19. The van der Waals surface area contributed by atoms with Crippen LogP contribution in [0.15, 0.2) is 58.4 Å². The molecule has 26 heavy (non-hydrogen) atoms. The molecule has 1 fully saturated rings. The number of amidine groups is 1. The summed E-state index contributed by atoms with van der Waals surface area (Å²) in [5, 5.41) is 13.0. The molecule has 0 spiro atoms. The number of nitrogens with one attached hydrogen (secondary N) is 1. The average Bonchev–Trinajstić information content (AvgIpc) is 2.98. The van der Waals surface area contributed by atoms with Gasteiger partial charge in [0, 0.05) is 11.1 Å². The molecule has 7 heteroatoms. The minimum absolute atomic E-state index is 0.0407. The summed E-state index contributed by atoms with van der Waals surface area (Å²) >= 11 is 1.04. The Morgan fingerprint density at radius 3 is 2.73 bits per heavy atom. The maximum absolute atomic E-state index is 12.1. The summed E-state index contributed by atoms with van der Waals surface area (Å²) in [5.41, 5.74) is 0.888. The monoisotopic (exact) mass is 368 g/mol. The number of amides is 2. The van der Waals surface area contributed by atoms with Gasteiger partial charge >= 0.3 is 0 Å². The molecule has 3 rings (SSSR count). The number of phenolic OH excluding ortho intramolecular Hbond substituents is 1. The van der Waals surface area contributed by atoms with Crippen LogP contribution in [-0.4, -0.2) is 28.7 Å². The maximum Gasteiger partial charge on any atom is 0.279 e. The summed E-state index contributed by atoms with van der Waals surface area (Å²) in [6.07, 6.45) is 1.54. The van der Waals surface area contributed by atoms with E-state index in [4.69, 9.17) is 4.74 Å². The fourth-order valence-corrected chi connectivity index (χ4v) is 3.10. The van der Waals surface area contributed by atoms with Gasteiger partial charge in [-0.15, -0.1) is 0 Å². The molecule has 132 valence electrons. The summed E-state index contributed by atoms with van der Waals surface area (Å²) in [4.78, 5) is 28.5. The molecule has 2 aromatic carbocycles. The number of carbonyl (C=O) groups is 2. The molecule has 0 bridgehead atoms. The summed E-state index contributed by atoms with van der Waals surface area (Å²) in [5.74, 6) is -0.508. The molecule has 1 aliphatic rings. The molecule has 0 aliphatic carbocycles. The van der Waals surface area contributed by atoms with Crippen LogP contribution in [0, 0.1) is 0 Å². The van der Waals surface area contributed by atoms with Crippen molar-refractivity contribution in [2.45, 2.75) is 6.92 Å². The van der Waals surface area contributed by atoms with Gasteiger partial charge in [-0.1, -0.05) is 30.3 Å². The summed E-state index contributed by atoms with van der Waals surface area (Å²) in [6.45, 7) is 2.23. The van der Waals surface area contributed by atoms with E-state index >= 15 is 0 Å². The highest BCUT2D eigenvalue weighted by molar-refractivity contribution is 8.18. The van der Waals surface area contributed by atoms with E-state index in [1.807, 2.05) is 6.92 Å². The molecule has 2 aromatic rings. The Morgan fingerprint density at radius 1 is 1.23 bits per heavy atom. The van der Waals surface area contributed by atoms with Crippen LogP contribution in [0.3, 0.4) is 0 Å². The molecular formula is C19H16N2O4S. The number of phenols is 1. The van der Waals surface area contributed by atoms with Crippen LogP contribution < -0.4 is 10.1 Å². The second kappa shape index (κ2) is 7.88. The third-order valence-corrected chi connectivity index (χ3v) is 4.40. The van der Waals surface area contributed by atoms with Crippen LogP contribution in [-0.2, 0) is 4.79 Å². The molecule has 1 aliphatic heterocycles. The predicted molar refractivity (Wildman–Crippen MR) is 101 cm³/mol. The molecule has 1 saturated heterocycles. The van der Waals surface area contributed by atoms with Crippen molar-refractivity contribution in [1.82, 2.24) is 5.32 Å². The van der Waals surface area contributed by atoms with Gasteiger partial charge in [0.05, 0.1) is 11.5 Å². The van der Waals surface area contributed by atoms with E-state index in [9.17, 15) is 14.7 Å². The molecule has 0 radical (unpaired) electrons. The maximum atomic E-state index is 12.1. The molecule has 2 N–H and O–H groups in total. The Labute approximate surface area is 154 Å². The number of aliphatic imine (C=N–C) groups is 1. The van der Waals surface area contributed by atoms with E-state index in [-0.39, 0.29) is 16.8 Å². The van der Waals surface area contributed by atoms with Crippen molar-refractivity contribution >= 4 is 34.8 Å². The van der Waals surface area contributed by atoms with Crippen molar-refractivity contribution in [3.63, 3.8) is 0 Å². The molecule has 0 atom stereocenters. The lowest BCUT2D eigenvalue weighted by Crippen LogP contribution is -2.20. The highest BCUT2D eigenvalue weighted by atomic mass is 32.2. The lowest BCUT2D eigenvalue weighted by molar-refractivity contribution is -0.115. The Morgan fingerprint density at radius 2 is 2.00 bits per heavy atom. The number of nitrogens with zero attached hydrogens (tertiary/aromatic N) is 1. The Kier molecular flexibility index (Phi) is 5.38. The van der Waals surface area contributed by atoms with E-state index in [0.29, 0.717) is 28.4 Å². The summed E-state index contributed by atoms with van der Waals surface area (Å²) in [6, 6.07) is 13.6. The standard InChI is InChI=1S/C19H16N2O4S/c1-2-25-14-10-6-9-13(16(14)22)11-15-18(24)21-19(26-15)20-17(23)12-7-4-3-5-8-12/h3-11,22H,2H2,1H3,(H,20,21,23,24)/b15-11-. The first-order valence-electron chi connectivity index (χ1n) is 7.92. The minimum atomic E-state index is -0.434. The largest absolute Gasteiger partial charge is 0.504 e. The molecule has 0 saturated carbocycles. The Hall–Kier alpha value is -3.06. The van der Waals surface area contributed by atoms with Crippen molar-refractivity contribution < 1.29 is 19.4 Å². The zero-order chi connectivity index (χ0) is 18.5. The van der Waals surface area contributed by atoms with Gasteiger partial charge in [0.25, 0.3) is 11.8 Å². The Balaban J connectivity index is 1.82. The van der Waals surface area contributed by atoms with E-state index in [1.54, 1.807) is 48.5 Å². The smallest absolute Gasteiger partial charge is 0.279 e. The molecule has 6 nitrogen and oxygen atoms in total. The number of thioether (sulfide) groups is 1. The van der Waals surface area contributed by atoms with Crippen LogP contribution in [0.1, 0.15) is 22.8 Å². The van der Waals surface area contributed by atoms with Crippen molar-refractivity contribution in [2.75, 3.05) is 6.61 Å². The fourth-order valence-electron chi connectivity index (χ4n) is 2.29. The molecule has 0 unspecified atom stereocenters. The number of para-hydroxylation sites is 1. The van der Waals surface area contributed by atoms with Crippen molar-refractivity contribution in [2.24, 2.45) is 4.99 Å². The van der Waals surface area contributed by atoms with Gasteiger partial charge in [0.2, 0.25) is 0 Å². The molecule has 0 aromatic heterocycles. The third-order valence-electron chi connectivity index (χ3n) is 3.49. The first kappa shape index (κ1) is 17.8. The van der Waals surface area contributed by atoms with Gasteiger partial charge in [0.15, 0.2) is 16.7 Å². The molecular weight excluding hydrogens is 352 g/mol. The van der Waals surface area contributed by atoms with E-state index in [0.717, 1.165) is 11.8 Å². The third kappa shape index (κ3) is 3.94. The molecule has 1 heterocycles. The van der Waals surface area contributed by atoms with Crippen LogP contribution in [0.25, 0.3) is 6.08 Å². The fraction of sp³-hybridized carbons (Fsp3) is 0.105. The number of ether oxygens (including phenoxy) is 1. The lowest BCUT2D eigenvalue weighted by Gasteiger charge is -2.07. The average molecular weight is 368 g/mol. The van der Waals surface area contributed by atoms with Crippen LogP contribution in [0.2, 0.25) is 0 Å². The zero-order valence-corrected chi connectivity index (χ0v) is 14.7. The number of hydrogen-bond acceptors (Lipinski definition) is 5. The quantitative estimate of drug-likeness (QED) is 0.809. The van der Waals surface area contributed by atoms with Crippen molar-refractivity contribution in [1.29, 1.82) is 0 Å². The van der Waals surface area contributed by atoms with Crippen molar-refractivity contribution in [3.05, 3.63) is 64.6 Å². The van der Waals surface area contributed by atoms with Gasteiger partial charge in [0.1, 0.15) is 0 Å². The van der Waals surface area contributed by atoms with Gasteiger partial charge in [-0.05, 0) is 43.0 Å². The minimum Gasteiger partial charge on any atom is -0.504 e. The molecule has 2 amide bonds. The van der Waals surface area contributed by atoms with Gasteiger partial charge in [-0.25, -0.2) is 0 Å². The second-order valence-electron chi connectivity index (χ2n) is 5.28. The zero-order valence-electron chi connectivity index (χ0n) is 13.9. The summed E-state index contributed by atoms with van der Waals surface area (Å²) in [7, 11) is 0. The van der Waals surface area contributed by atoms with Crippen LogP contribution >= 0.6 is 11.8 Å². The van der Waals surface area contributed by atoms with Gasteiger partial charge in [-0.3, -0.25) is 9.59 Å². The highest BCUT2D eigenvalue weighted by Gasteiger charge is 2.25. The highest BCUT2D eigenvalue weighted by Crippen LogP contribution is 2.34. The topological polar surface area (TPSA) is 88.0 Å². The lowest BCUT2D eigenvalue weighted by atomic mass is 10.1. The van der Waals surface area contributed by atoms with Crippen LogP contribution in [0.5, 0.6) is 11.5 Å². The number of hydrogen-bond donors (Lipinski definition) is 2. The summed E-state index contributed by atoms with van der Waals surface area (Å²) < 4.78 is 5.34. The number of carbonyl (C=O) groups excluding carboxylic acids is 2. The SMILES string of the molecule is CCOc1cccc(/C=C2\SC(=NC(=O)c3ccccc3)NC2=O)c1O. The number of aromatic hydroxyl groups is 1. The second-order valence-corrected chi connectivity index (χ2v) is 6.31. The van der Waals surface area contributed by atoms with E-state index < -0.39 is 5.91 Å². The van der Waals surface area contributed by atoms with Gasteiger partial charge in [-0.2, -0.15) is 4.99 Å². The Bertz CT molecular complexity index is 907. The van der Waals surface area contributed by atoms with E-state index in [2.05, 4.69) is 10.3 Å². The number of benzene rings is 2. The van der Waals surface area contributed by atoms with Crippen LogP contribution in [0.4, 0.5) is 0 Å². The first-order chi connectivity index (χ1) is 12.6. The van der Waals surface area contributed by atoms with Gasteiger partial charge < -0.3 is 15.2 Å². The van der Waals surface area contributed by atoms with E-state index in [1.165, 1.54) is 6.08 Å². The van der Waals surface area contributed by atoms with Crippen molar-refractivity contribution in [3.8, 4) is 11.5 Å².